The van der Waals surface area contributed by atoms with Crippen LogP contribution >= 0.6 is 0 Å². The number of nitrogens with zero attached hydrogens (tertiary/aromatic N) is 1. The molecule has 0 aliphatic carbocycles. The predicted octanol–water partition coefficient (Wildman–Crippen LogP) is 5.70. The van der Waals surface area contributed by atoms with Gasteiger partial charge in [-0.25, -0.2) is 8.42 Å². The van der Waals surface area contributed by atoms with Crippen LogP contribution in [0.1, 0.15) is 50.4 Å². The van der Waals surface area contributed by atoms with Gasteiger partial charge >= 0.3 is 0 Å². The van der Waals surface area contributed by atoms with Crippen LogP contribution in [0.25, 0.3) is 0 Å². The number of hydrogen-bond acceptors (Lipinski definition) is 4. The molecule has 4 aromatic rings. The number of amides is 2. The molecule has 2 amide bonds. The summed E-state index contributed by atoms with van der Waals surface area (Å²) >= 11 is 0. The summed E-state index contributed by atoms with van der Waals surface area (Å²) in [6.07, 6.45) is 1.16. The molecule has 0 saturated carbocycles. The SMILES string of the molecule is Cc1ccc(CN(c2ccc(C(=O)Nc3ccccc3C(=O)N[C@@H](C)c3ccccc3)cc2)S(C)(=O)=O)cc1. The van der Waals surface area contributed by atoms with Crippen molar-refractivity contribution < 1.29 is 18.0 Å². The van der Waals surface area contributed by atoms with Crippen LogP contribution in [-0.4, -0.2) is 26.5 Å². The van der Waals surface area contributed by atoms with Crippen molar-refractivity contribution in [2.45, 2.75) is 26.4 Å². The first-order chi connectivity index (χ1) is 18.6. The molecule has 0 bridgehead atoms. The fourth-order valence-electron chi connectivity index (χ4n) is 4.12. The van der Waals surface area contributed by atoms with Gasteiger partial charge in [-0.2, -0.15) is 0 Å². The van der Waals surface area contributed by atoms with Crippen LogP contribution in [0.15, 0.2) is 103 Å². The third-order valence-electron chi connectivity index (χ3n) is 6.33. The highest BCUT2D eigenvalue weighted by molar-refractivity contribution is 7.92. The summed E-state index contributed by atoms with van der Waals surface area (Å²) in [6, 6.07) is 30.2. The van der Waals surface area contributed by atoms with Crippen LogP contribution in [0, 0.1) is 6.92 Å². The van der Waals surface area contributed by atoms with Crippen LogP contribution in [0.2, 0.25) is 0 Å². The molecule has 1 atom stereocenters. The summed E-state index contributed by atoms with van der Waals surface area (Å²) in [6.45, 7) is 4.04. The van der Waals surface area contributed by atoms with E-state index in [1.54, 1.807) is 48.5 Å². The number of para-hydroxylation sites is 1. The molecule has 0 saturated heterocycles. The Balaban J connectivity index is 1.49. The molecule has 200 valence electrons. The fourth-order valence-corrected chi connectivity index (χ4v) is 5.01. The van der Waals surface area contributed by atoms with E-state index >= 15 is 0 Å². The summed E-state index contributed by atoms with van der Waals surface area (Å²) in [7, 11) is -3.56. The van der Waals surface area contributed by atoms with Gasteiger partial charge in [0.2, 0.25) is 10.0 Å². The van der Waals surface area contributed by atoms with Gasteiger partial charge in [0.15, 0.2) is 0 Å². The number of carbonyl (C=O) groups is 2. The Morgan fingerprint density at radius 1 is 0.795 bits per heavy atom. The van der Waals surface area contributed by atoms with Crippen molar-refractivity contribution in [2.24, 2.45) is 0 Å². The molecular formula is C31H31N3O4S. The second-order valence-electron chi connectivity index (χ2n) is 9.41. The molecule has 0 aliphatic heterocycles. The van der Waals surface area contributed by atoms with E-state index in [9.17, 15) is 18.0 Å². The summed E-state index contributed by atoms with van der Waals surface area (Å²) in [4.78, 5) is 26.1. The summed E-state index contributed by atoms with van der Waals surface area (Å²) < 4.78 is 26.4. The molecule has 0 heterocycles. The van der Waals surface area contributed by atoms with Crippen molar-refractivity contribution in [2.75, 3.05) is 15.9 Å². The highest BCUT2D eigenvalue weighted by atomic mass is 32.2. The van der Waals surface area contributed by atoms with Crippen LogP contribution < -0.4 is 14.9 Å². The molecule has 7 nitrogen and oxygen atoms in total. The first-order valence-electron chi connectivity index (χ1n) is 12.5. The average molecular weight is 542 g/mol. The van der Waals surface area contributed by atoms with Crippen LogP contribution in [0.5, 0.6) is 0 Å². The number of carbonyl (C=O) groups excluding carboxylic acids is 2. The first kappa shape index (κ1) is 27.6. The van der Waals surface area contributed by atoms with Crippen molar-refractivity contribution in [1.82, 2.24) is 5.32 Å². The lowest BCUT2D eigenvalue weighted by Crippen LogP contribution is -2.29. The Kier molecular flexibility index (Phi) is 8.46. The van der Waals surface area contributed by atoms with Crippen LogP contribution in [0.4, 0.5) is 11.4 Å². The molecule has 8 heteroatoms. The highest BCUT2D eigenvalue weighted by Gasteiger charge is 2.20. The second kappa shape index (κ2) is 12.0. The van der Waals surface area contributed by atoms with Crippen LogP contribution in [-0.2, 0) is 16.6 Å². The molecule has 39 heavy (non-hydrogen) atoms. The maximum atomic E-state index is 13.1. The van der Waals surface area contributed by atoms with E-state index in [2.05, 4.69) is 10.6 Å². The Hall–Kier alpha value is -4.43. The van der Waals surface area contributed by atoms with E-state index in [0.29, 0.717) is 22.5 Å². The number of rotatable bonds is 9. The minimum atomic E-state index is -3.56. The van der Waals surface area contributed by atoms with Gasteiger partial charge in [-0.1, -0.05) is 72.3 Å². The van der Waals surface area contributed by atoms with Gasteiger partial charge < -0.3 is 10.6 Å². The van der Waals surface area contributed by atoms with Gasteiger partial charge in [-0.05, 0) is 61.4 Å². The molecule has 0 unspecified atom stereocenters. The van der Waals surface area contributed by atoms with Crippen molar-refractivity contribution in [3.63, 3.8) is 0 Å². The molecule has 0 aromatic heterocycles. The Morgan fingerprint density at radius 3 is 2.05 bits per heavy atom. The maximum absolute atomic E-state index is 13.1. The molecule has 2 N–H and O–H groups in total. The number of benzene rings is 4. The minimum absolute atomic E-state index is 0.175. The maximum Gasteiger partial charge on any atom is 0.255 e. The van der Waals surface area contributed by atoms with Gasteiger partial charge in [-0.3, -0.25) is 13.9 Å². The minimum Gasteiger partial charge on any atom is -0.345 e. The Bertz CT molecular complexity index is 1550. The molecule has 4 rings (SSSR count). The standard InChI is InChI=1S/C31H31N3O4S/c1-22-13-15-24(16-14-22)21-34(39(3,37)38)27-19-17-26(18-20-27)30(35)33-29-12-8-7-11-28(29)31(36)32-23(2)25-9-5-4-6-10-25/h4-20,23H,21H2,1-3H3,(H,32,36)(H,33,35)/t23-/m0/s1. The molecule has 4 aromatic carbocycles. The zero-order valence-corrected chi connectivity index (χ0v) is 22.9. The Labute approximate surface area is 229 Å². The van der Waals surface area contributed by atoms with Crippen LogP contribution in [0.3, 0.4) is 0 Å². The topological polar surface area (TPSA) is 95.6 Å². The van der Waals surface area contributed by atoms with Crippen molar-refractivity contribution in [3.05, 3.63) is 131 Å². The van der Waals surface area contributed by atoms with Gasteiger partial charge in [0.05, 0.1) is 35.8 Å². The van der Waals surface area contributed by atoms with Gasteiger partial charge in [-0.15, -0.1) is 0 Å². The number of sulfonamides is 1. The summed E-state index contributed by atoms with van der Waals surface area (Å²) in [5.41, 5.74) is 4.40. The second-order valence-corrected chi connectivity index (χ2v) is 11.3. The largest absolute Gasteiger partial charge is 0.345 e. The molecule has 0 spiro atoms. The zero-order chi connectivity index (χ0) is 28.0. The monoisotopic (exact) mass is 541 g/mol. The summed E-state index contributed by atoms with van der Waals surface area (Å²) in [5, 5.41) is 5.78. The molecular weight excluding hydrogens is 510 g/mol. The van der Waals surface area contributed by atoms with E-state index in [-0.39, 0.29) is 18.5 Å². The Morgan fingerprint density at radius 2 is 1.41 bits per heavy atom. The number of hydrogen-bond donors (Lipinski definition) is 2. The molecule has 0 aliphatic rings. The smallest absolute Gasteiger partial charge is 0.255 e. The zero-order valence-electron chi connectivity index (χ0n) is 22.1. The van der Waals surface area contributed by atoms with Crippen molar-refractivity contribution >= 4 is 33.2 Å². The lowest BCUT2D eigenvalue weighted by atomic mass is 10.1. The average Bonchev–Trinajstić information content (AvgIpc) is 2.93. The predicted molar refractivity (Wildman–Crippen MR) is 155 cm³/mol. The van der Waals surface area contributed by atoms with E-state index in [4.69, 9.17) is 0 Å². The van der Waals surface area contributed by atoms with E-state index in [1.807, 2.05) is 68.4 Å². The lowest BCUT2D eigenvalue weighted by Gasteiger charge is -2.23. The first-order valence-corrected chi connectivity index (χ1v) is 14.4. The van der Waals surface area contributed by atoms with E-state index in [0.717, 1.165) is 22.9 Å². The van der Waals surface area contributed by atoms with Crippen molar-refractivity contribution in [3.8, 4) is 0 Å². The summed E-state index contributed by atoms with van der Waals surface area (Å²) in [5.74, 6) is -0.722. The third kappa shape index (κ3) is 7.12. The third-order valence-corrected chi connectivity index (χ3v) is 7.47. The number of aryl methyl sites for hydroxylation is 1. The quantitative estimate of drug-likeness (QED) is 0.284. The van der Waals surface area contributed by atoms with Gasteiger partial charge in [0.25, 0.3) is 11.8 Å². The van der Waals surface area contributed by atoms with E-state index < -0.39 is 15.9 Å². The highest BCUT2D eigenvalue weighted by Crippen LogP contribution is 2.23. The fraction of sp³-hybridized carbons (Fsp3) is 0.161. The normalized spacial score (nSPS) is 11.9. The molecule has 0 radical (unpaired) electrons. The van der Waals surface area contributed by atoms with E-state index in [1.165, 1.54) is 4.31 Å². The van der Waals surface area contributed by atoms with Crippen molar-refractivity contribution in [1.29, 1.82) is 0 Å². The molecule has 0 fully saturated rings. The number of anilines is 2. The lowest BCUT2D eigenvalue weighted by molar-refractivity contribution is 0.0940. The number of nitrogens with one attached hydrogen (secondary N) is 2. The van der Waals surface area contributed by atoms with Gasteiger partial charge in [0.1, 0.15) is 0 Å². The van der Waals surface area contributed by atoms with Gasteiger partial charge in [0, 0.05) is 5.56 Å².